The van der Waals surface area contributed by atoms with Crippen LogP contribution in [0.5, 0.6) is 0 Å². The molecule has 1 heterocycles. The van der Waals surface area contributed by atoms with Crippen LogP contribution < -0.4 is 5.32 Å². The fourth-order valence-corrected chi connectivity index (χ4v) is 3.82. The normalized spacial score (nSPS) is 19.2. The van der Waals surface area contributed by atoms with Crippen molar-refractivity contribution in [3.05, 3.63) is 0 Å². The molecular weight excluding hydrogens is 346 g/mol. The lowest BCUT2D eigenvalue weighted by molar-refractivity contribution is -0.201. The van der Waals surface area contributed by atoms with Crippen molar-refractivity contribution >= 4 is 16.3 Å². The van der Waals surface area contributed by atoms with E-state index in [0.29, 0.717) is 6.42 Å². The first kappa shape index (κ1) is 22.3. The quantitative estimate of drug-likeness (QED) is 0.450. The van der Waals surface area contributed by atoms with Crippen LogP contribution >= 0.6 is 0 Å². The summed E-state index contributed by atoms with van der Waals surface area (Å²) in [6, 6.07) is 0. The van der Waals surface area contributed by atoms with E-state index in [2.05, 4.69) is 12.2 Å². The number of hydrogen-bond donors (Lipinski definition) is 2. The Morgan fingerprint density at radius 2 is 1.48 bits per heavy atom. The second kappa shape index (κ2) is 11.1. The predicted octanol–water partition coefficient (Wildman–Crippen LogP) is 2.78. The fraction of sp³-hybridized carbons (Fsp3) is 0.941. The molecule has 25 heavy (non-hydrogen) atoms. The van der Waals surface area contributed by atoms with Gasteiger partial charge in [0.25, 0.3) is 11.7 Å². The molecule has 1 amide bonds. The summed E-state index contributed by atoms with van der Waals surface area (Å²) in [5.41, 5.74) is 0. The molecule has 1 aliphatic rings. The van der Waals surface area contributed by atoms with Crippen LogP contribution in [-0.4, -0.2) is 37.9 Å². The topological polar surface area (TPSA) is 102 Å². The van der Waals surface area contributed by atoms with E-state index in [4.69, 9.17) is 8.37 Å². The van der Waals surface area contributed by atoms with E-state index in [1.165, 1.54) is 45.4 Å². The van der Waals surface area contributed by atoms with Crippen LogP contribution in [0.1, 0.15) is 84.5 Å². The third-order valence-electron chi connectivity index (χ3n) is 4.24. The van der Waals surface area contributed by atoms with Crippen LogP contribution in [0.2, 0.25) is 0 Å². The number of rotatable bonds is 14. The third kappa shape index (κ3) is 8.48. The van der Waals surface area contributed by atoms with Gasteiger partial charge in [-0.05, 0) is 13.3 Å². The number of aliphatic hydroxyl groups excluding tert-OH is 1. The molecule has 0 spiro atoms. The van der Waals surface area contributed by atoms with E-state index in [1.807, 2.05) is 0 Å². The van der Waals surface area contributed by atoms with Crippen LogP contribution in [0.15, 0.2) is 0 Å². The molecule has 1 aliphatic heterocycles. The average Bonchev–Trinajstić information content (AvgIpc) is 2.52. The summed E-state index contributed by atoms with van der Waals surface area (Å²) in [6.45, 7) is 3.75. The highest BCUT2D eigenvalue weighted by Crippen LogP contribution is 2.36. The predicted molar refractivity (Wildman–Crippen MR) is 95.0 cm³/mol. The summed E-state index contributed by atoms with van der Waals surface area (Å²) in [4.78, 5) is 12.1. The number of nitrogens with one attached hydrogen (secondary N) is 1. The minimum atomic E-state index is -4.06. The van der Waals surface area contributed by atoms with Gasteiger partial charge in [-0.3, -0.25) is 4.79 Å². The molecule has 1 fully saturated rings. The van der Waals surface area contributed by atoms with Crippen molar-refractivity contribution in [1.29, 1.82) is 0 Å². The van der Waals surface area contributed by atoms with Crippen molar-refractivity contribution in [2.75, 3.05) is 6.54 Å². The number of carbonyl (C=O) groups is 1. The molecule has 0 bridgehead atoms. The highest BCUT2D eigenvalue weighted by molar-refractivity contribution is 7.83. The van der Waals surface area contributed by atoms with E-state index in [0.717, 1.165) is 19.3 Å². The monoisotopic (exact) mass is 379 g/mol. The lowest BCUT2D eigenvalue weighted by atomic mass is 10.0. The van der Waals surface area contributed by atoms with Crippen molar-refractivity contribution in [1.82, 2.24) is 5.32 Å². The lowest BCUT2D eigenvalue weighted by Crippen LogP contribution is -2.60. The molecule has 1 atom stereocenters. The second-order valence-electron chi connectivity index (χ2n) is 6.82. The van der Waals surface area contributed by atoms with Crippen molar-refractivity contribution in [2.24, 2.45) is 0 Å². The lowest BCUT2D eigenvalue weighted by Gasteiger charge is -2.37. The van der Waals surface area contributed by atoms with E-state index < -0.39 is 28.2 Å². The molecule has 0 aromatic heterocycles. The van der Waals surface area contributed by atoms with E-state index in [1.54, 1.807) is 0 Å². The van der Waals surface area contributed by atoms with Crippen molar-refractivity contribution in [2.45, 2.75) is 96.4 Å². The van der Waals surface area contributed by atoms with Gasteiger partial charge in [-0.15, -0.1) is 0 Å². The van der Waals surface area contributed by atoms with Gasteiger partial charge in [-0.2, -0.15) is 8.42 Å². The standard InChI is InChI=1S/C17H33NO6S/c1-3-4-5-6-7-8-9-10-11-12-13-17(23-25(21,22)24-17)16(20)18-14-15(2)19/h15,19H,3-14H2,1-2H3,(H,18,20). The van der Waals surface area contributed by atoms with Crippen LogP contribution in [0.3, 0.4) is 0 Å². The summed E-state index contributed by atoms with van der Waals surface area (Å²) in [5.74, 6) is -2.41. The Morgan fingerprint density at radius 3 is 1.92 bits per heavy atom. The zero-order chi connectivity index (χ0) is 18.8. The van der Waals surface area contributed by atoms with Gasteiger partial charge >= 0.3 is 10.4 Å². The van der Waals surface area contributed by atoms with Gasteiger partial charge in [0.2, 0.25) is 0 Å². The van der Waals surface area contributed by atoms with Crippen LogP contribution in [0.4, 0.5) is 0 Å². The fourth-order valence-electron chi connectivity index (χ4n) is 2.83. The zero-order valence-electron chi connectivity index (χ0n) is 15.5. The molecule has 0 aromatic rings. The van der Waals surface area contributed by atoms with Crippen LogP contribution in [-0.2, 0) is 23.6 Å². The SMILES string of the molecule is CCCCCCCCCCCCC1(C(=O)NCC(C)O)OS(=O)(=O)O1. The highest BCUT2D eigenvalue weighted by Gasteiger charge is 2.57. The maximum absolute atomic E-state index is 12.1. The Hall–Kier alpha value is -0.700. The van der Waals surface area contributed by atoms with Gasteiger partial charge in [-0.25, -0.2) is 8.37 Å². The number of amides is 1. The summed E-state index contributed by atoms with van der Waals surface area (Å²) in [5, 5.41) is 11.7. The summed E-state index contributed by atoms with van der Waals surface area (Å²) in [7, 11) is -4.06. The molecule has 8 heteroatoms. The Balaban J connectivity index is 2.21. The maximum atomic E-state index is 12.1. The molecule has 1 unspecified atom stereocenters. The van der Waals surface area contributed by atoms with Gasteiger partial charge in [0.05, 0.1) is 6.10 Å². The third-order valence-corrected chi connectivity index (χ3v) is 5.18. The van der Waals surface area contributed by atoms with Crippen LogP contribution in [0, 0.1) is 0 Å². The first-order valence-corrected chi connectivity index (χ1v) is 10.8. The molecule has 2 N–H and O–H groups in total. The van der Waals surface area contributed by atoms with Crippen molar-refractivity contribution in [3.8, 4) is 0 Å². The second-order valence-corrected chi connectivity index (χ2v) is 7.97. The Labute approximate surface area is 151 Å². The van der Waals surface area contributed by atoms with E-state index in [9.17, 15) is 18.3 Å². The number of hydrogen-bond acceptors (Lipinski definition) is 6. The smallest absolute Gasteiger partial charge is 0.392 e. The number of carbonyl (C=O) groups excluding carboxylic acids is 1. The summed E-state index contributed by atoms with van der Waals surface area (Å²) < 4.78 is 31.8. The maximum Gasteiger partial charge on any atom is 0.406 e. The van der Waals surface area contributed by atoms with Crippen molar-refractivity contribution in [3.63, 3.8) is 0 Å². The Bertz CT molecular complexity index is 479. The first-order valence-electron chi connectivity index (χ1n) is 9.44. The molecule has 0 saturated carbocycles. The van der Waals surface area contributed by atoms with Gasteiger partial charge in [0.15, 0.2) is 0 Å². The summed E-state index contributed by atoms with van der Waals surface area (Å²) >= 11 is 0. The Morgan fingerprint density at radius 1 is 1.00 bits per heavy atom. The van der Waals surface area contributed by atoms with Crippen molar-refractivity contribution < 1.29 is 26.7 Å². The average molecular weight is 380 g/mol. The molecule has 1 rings (SSSR count). The van der Waals surface area contributed by atoms with Crippen LogP contribution in [0.25, 0.3) is 0 Å². The van der Waals surface area contributed by atoms with E-state index >= 15 is 0 Å². The zero-order valence-corrected chi connectivity index (χ0v) is 16.3. The number of unbranched alkanes of at least 4 members (excludes halogenated alkanes) is 9. The van der Waals surface area contributed by atoms with Gasteiger partial charge in [0, 0.05) is 13.0 Å². The molecule has 0 aliphatic carbocycles. The molecule has 0 aromatic carbocycles. The molecule has 0 radical (unpaired) electrons. The van der Waals surface area contributed by atoms with E-state index in [-0.39, 0.29) is 13.0 Å². The minimum Gasteiger partial charge on any atom is -0.392 e. The molecule has 7 nitrogen and oxygen atoms in total. The minimum absolute atomic E-state index is 0.0192. The van der Waals surface area contributed by atoms with Gasteiger partial charge in [-0.1, -0.05) is 64.7 Å². The van der Waals surface area contributed by atoms with Gasteiger partial charge in [0.1, 0.15) is 0 Å². The van der Waals surface area contributed by atoms with Gasteiger partial charge < -0.3 is 10.4 Å². The summed E-state index contributed by atoms with van der Waals surface area (Å²) in [6.07, 6.45) is 10.8. The highest BCUT2D eigenvalue weighted by atomic mass is 32.3. The molecule has 1 saturated heterocycles. The Kier molecular flexibility index (Phi) is 9.92. The first-order chi connectivity index (χ1) is 11.8. The largest absolute Gasteiger partial charge is 0.406 e. The number of aliphatic hydroxyl groups is 1. The molecule has 148 valence electrons. The molecular formula is C17H33NO6S.